The van der Waals surface area contributed by atoms with Crippen molar-refractivity contribution in [3.05, 3.63) is 88.5 Å². The zero-order valence-corrected chi connectivity index (χ0v) is 13.9. The number of benzene rings is 2. The Morgan fingerprint density at radius 2 is 1.92 bits per heavy atom. The van der Waals surface area contributed by atoms with Crippen molar-refractivity contribution in [3.8, 4) is 0 Å². The summed E-state index contributed by atoms with van der Waals surface area (Å²) in [5.41, 5.74) is 5.66. The van der Waals surface area contributed by atoms with Crippen LogP contribution in [0.3, 0.4) is 0 Å². The van der Waals surface area contributed by atoms with Gasteiger partial charge in [-0.3, -0.25) is 4.68 Å². The third-order valence-corrected chi connectivity index (χ3v) is 5.07. The van der Waals surface area contributed by atoms with Gasteiger partial charge in [-0.2, -0.15) is 5.10 Å². The second kappa shape index (κ2) is 6.23. The molecular weight excluding hydrogens is 299 g/mol. The van der Waals surface area contributed by atoms with Crippen molar-refractivity contribution >= 4 is 0 Å². The van der Waals surface area contributed by atoms with Crippen molar-refractivity contribution in [1.82, 2.24) is 9.78 Å². The number of fused-ring (bicyclic) bond motifs is 1. The van der Waals surface area contributed by atoms with Crippen molar-refractivity contribution < 1.29 is 4.39 Å². The lowest BCUT2D eigenvalue weighted by Gasteiger charge is -2.14. The fourth-order valence-corrected chi connectivity index (χ4v) is 3.73. The molecule has 0 N–H and O–H groups in total. The molecular formula is C21H21FN2. The van der Waals surface area contributed by atoms with Crippen LogP contribution in [0.15, 0.2) is 54.7 Å². The number of aromatic nitrogens is 2. The molecule has 2 nitrogen and oxygen atoms in total. The molecule has 2 aromatic carbocycles. The minimum Gasteiger partial charge on any atom is -0.272 e. The molecule has 0 saturated carbocycles. The van der Waals surface area contributed by atoms with Gasteiger partial charge < -0.3 is 0 Å². The lowest BCUT2D eigenvalue weighted by Crippen LogP contribution is -2.04. The van der Waals surface area contributed by atoms with Crippen LogP contribution in [0.5, 0.6) is 0 Å². The van der Waals surface area contributed by atoms with Gasteiger partial charge in [0.25, 0.3) is 0 Å². The summed E-state index contributed by atoms with van der Waals surface area (Å²) in [6.45, 7) is 2.76. The molecule has 1 aliphatic carbocycles. The van der Waals surface area contributed by atoms with Gasteiger partial charge in [0.15, 0.2) is 0 Å². The van der Waals surface area contributed by atoms with Crippen molar-refractivity contribution in [2.45, 2.75) is 38.6 Å². The van der Waals surface area contributed by atoms with Crippen LogP contribution in [0.1, 0.15) is 40.3 Å². The molecule has 0 aliphatic heterocycles. The highest BCUT2D eigenvalue weighted by molar-refractivity contribution is 5.42. The van der Waals surface area contributed by atoms with Crippen LogP contribution in [0.25, 0.3) is 0 Å². The number of nitrogens with zero attached hydrogens (tertiary/aromatic N) is 2. The van der Waals surface area contributed by atoms with Gasteiger partial charge in [0.1, 0.15) is 5.82 Å². The summed E-state index contributed by atoms with van der Waals surface area (Å²) in [4.78, 5) is 0. The van der Waals surface area contributed by atoms with E-state index in [9.17, 15) is 4.39 Å². The number of hydrogen-bond donors (Lipinski definition) is 0. The number of halogens is 1. The van der Waals surface area contributed by atoms with Gasteiger partial charge in [-0.15, -0.1) is 0 Å². The van der Waals surface area contributed by atoms with Crippen LogP contribution in [-0.2, 0) is 19.4 Å². The lowest BCUT2D eigenvalue weighted by atomic mass is 9.91. The average Bonchev–Trinajstić information content (AvgIpc) is 3.17. The van der Waals surface area contributed by atoms with Crippen LogP contribution in [0.2, 0.25) is 0 Å². The Morgan fingerprint density at radius 3 is 2.75 bits per heavy atom. The average molecular weight is 320 g/mol. The summed E-state index contributed by atoms with van der Waals surface area (Å²) in [7, 11) is 0. The predicted molar refractivity (Wildman–Crippen MR) is 93.7 cm³/mol. The van der Waals surface area contributed by atoms with E-state index in [0.717, 1.165) is 36.9 Å². The van der Waals surface area contributed by atoms with E-state index < -0.39 is 0 Å². The SMILES string of the molecule is Cc1c(F)cccc1[C@@H]1CCc2nn(CCc3ccccc3)cc21. The molecule has 1 aliphatic rings. The van der Waals surface area contributed by atoms with Gasteiger partial charge in [0.2, 0.25) is 0 Å². The zero-order chi connectivity index (χ0) is 16.5. The van der Waals surface area contributed by atoms with Gasteiger partial charge in [-0.25, -0.2) is 4.39 Å². The summed E-state index contributed by atoms with van der Waals surface area (Å²) in [5, 5.41) is 4.76. The minimum absolute atomic E-state index is 0.114. The molecule has 3 heteroatoms. The van der Waals surface area contributed by atoms with Crippen LogP contribution in [-0.4, -0.2) is 9.78 Å². The van der Waals surface area contributed by atoms with Gasteiger partial charge >= 0.3 is 0 Å². The second-order valence-corrected chi connectivity index (χ2v) is 6.58. The number of hydrogen-bond acceptors (Lipinski definition) is 1. The standard InChI is InChI=1S/C21H21FN2/c1-15-17(8-5-9-20(15)22)18-10-11-21-19(18)14-24(23-21)13-12-16-6-3-2-4-7-16/h2-9,14,18H,10-13H2,1H3/t18-/m0/s1. The van der Waals surface area contributed by atoms with Gasteiger partial charge in [0.05, 0.1) is 5.69 Å². The van der Waals surface area contributed by atoms with E-state index in [-0.39, 0.29) is 11.7 Å². The van der Waals surface area contributed by atoms with Crippen LogP contribution in [0.4, 0.5) is 4.39 Å². The molecule has 0 bridgehead atoms. The van der Waals surface area contributed by atoms with E-state index in [4.69, 9.17) is 5.10 Å². The zero-order valence-electron chi connectivity index (χ0n) is 13.9. The quantitative estimate of drug-likeness (QED) is 0.684. The summed E-state index contributed by atoms with van der Waals surface area (Å²) < 4.78 is 16.0. The van der Waals surface area contributed by atoms with Crippen molar-refractivity contribution in [2.75, 3.05) is 0 Å². The Morgan fingerprint density at radius 1 is 1.08 bits per heavy atom. The van der Waals surface area contributed by atoms with E-state index in [1.165, 1.54) is 22.9 Å². The summed E-state index contributed by atoms with van der Waals surface area (Å²) in [6.07, 6.45) is 5.15. The van der Waals surface area contributed by atoms with Crippen LogP contribution in [0, 0.1) is 12.7 Å². The molecule has 1 atom stereocenters. The molecule has 0 amide bonds. The van der Waals surface area contributed by atoms with Crippen LogP contribution < -0.4 is 0 Å². The Kier molecular flexibility index (Phi) is 3.93. The number of aryl methyl sites for hydroxylation is 3. The first-order valence-electron chi connectivity index (χ1n) is 8.57. The maximum Gasteiger partial charge on any atom is 0.126 e. The highest BCUT2D eigenvalue weighted by Gasteiger charge is 2.28. The Labute approximate surface area is 142 Å². The summed E-state index contributed by atoms with van der Waals surface area (Å²) in [5.74, 6) is 0.165. The van der Waals surface area contributed by atoms with Crippen molar-refractivity contribution in [1.29, 1.82) is 0 Å². The van der Waals surface area contributed by atoms with Gasteiger partial charge in [-0.1, -0.05) is 42.5 Å². The fraction of sp³-hybridized carbons (Fsp3) is 0.286. The Hall–Kier alpha value is -2.42. The first-order chi connectivity index (χ1) is 11.7. The smallest absolute Gasteiger partial charge is 0.126 e. The summed E-state index contributed by atoms with van der Waals surface area (Å²) >= 11 is 0. The van der Waals surface area contributed by atoms with Crippen molar-refractivity contribution in [2.24, 2.45) is 0 Å². The molecule has 122 valence electrons. The Balaban J connectivity index is 1.56. The van der Waals surface area contributed by atoms with Crippen molar-refractivity contribution in [3.63, 3.8) is 0 Å². The van der Waals surface area contributed by atoms with Crippen LogP contribution >= 0.6 is 0 Å². The topological polar surface area (TPSA) is 17.8 Å². The van der Waals surface area contributed by atoms with E-state index in [1.54, 1.807) is 0 Å². The first-order valence-corrected chi connectivity index (χ1v) is 8.57. The van der Waals surface area contributed by atoms with E-state index in [1.807, 2.05) is 19.1 Å². The van der Waals surface area contributed by atoms with Gasteiger partial charge in [0, 0.05) is 24.2 Å². The molecule has 0 saturated heterocycles. The molecule has 4 rings (SSSR count). The predicted octanol–water partition coefficient (Wildman–Crippen LogP) is 4.65. The Bertz CT molecular complexity index is 852. The lowest BCUT2D eigenvalue weighted by molar-refractivity contribution is 0.594. The molecule has 0 radical (unpaired) electrons. The molecule has 0 fully saturated rings. The van der Waals surface area contributed by atoms with E-state index in [0.29, 0.717) is 0 Å². The maximum atomic E-state index is 13.9. The minimum atomic E-state index is -0.114. The highest BCUT2D eigenvalue weighted by atomic mass is 19.1. The molecule has 1 heterocycles. The molecule has 0 unspecified atom stereocenters. The van der Waals surface area contributed by atoms with E-state index in [2.05, 4.69) is 41.2 Å². The third kappa shape index (κ3) is 2.75. The second-order valence-electron chi connectivity index (χ2n) is 6.58. The third-order valence-electron chi connectivity index (χ3n) is 5.07. The number of rotatable bonds is 4. The largest absolute Gasteiger partial charge is 0.272 e. The molecule has 3 aromatic rings. The monoisotopic (exact) mass is 320 g/mol. The molecule has 0 spiro atoms. The summed E-state index contributed by atoms with van der Waals surface area (Å²) in [6, 6.07) is 15.9. The first kappa shape index (κ1) is 15.1. The highest BCUT2D eigenvalue weighted by Crippen LogP contribution is 2.39. The van der Waals surface area contributed by atoms with E-state index >= 15 is 0 Å². The van der Waals surface area contributed by atoms with Gasteiger partial charge in [-0.05, 0) is 48.9 Å². The molecule has 24 heavy (non-hydrogen) atoms. The normalized spacial score (nSPS) is 16.3. The maximum absolute atomic E-state index is 13.9. The fourth-order valence-electron chi connectivity index (χ4n) is 3.73. The molecule has 1 aromatic heterocycles.